The Labute approximate surface area is 142 Å². The molecule has 0 radical (unpaired) electrons. The lowest BCUT2D eigenvalue weighted by Crippen LogP contribution is -2.23. The highest BCUT2D eigenvalue weighted by atomic mass is 32.2. The zero-order chi connectivity index (χ0) is 17.1. The maximum Gasteiger partial charge on any atom is 0.237 e. The molecule has 2 aromatic rings. The number of nitrogens with zero attached hydrogens (tertiary/aromatic N) is 2. The lowest BCUT2D eigenvalue weighted by Gasteiger charge is -2.19. The summed E-state index contributed by atoms with van der Waals surface area (Å²) < 4.78 is 10.9. The van der Waals surface area contributed by atoms with Crippen molar-refractivity contribution in [3.8, 4) is 11.5 Å². The van der Waals surface area contributed by atoms with Crippen molar-refractivity contribution >= 4 is 35.0 Å². The van der Waals surface area contributed by atoms with E-state index in [0.29, 0.717) is 35.6 Å². The first-order valence-corrected chi connectivity index (χ1v) is 8.16. The van der Waals surface area contributed by atoms with Crippen molar-refractivity contribution in [1.29, 1.82) is 0 Å². The Kier molecular flexibility index (Phi) is 4.61. The molecule has 24 heavy (non-hydrogen) atoms. The molecule has 0 spiro atoms. The van der Waals surface area contributed by atoms with E-state index >= 15 is 0 Å². The Bertz CT molecular complexity index is 751. The molecule has 8 nitrogen and oxygen atoms in total. The van der Waals surface area contributed by atoms with Crippen molar-refractivity contribution in [2.24, 2.45) is 0 Å². The van der Waals surface area contributed by atoms with Crippen LogP contribution in [0.4, 0.5) is 17.3 Å². The van der Waals surface area contributed by atoms with Crippen LogP contribution in [-0.2, 0) is 4.79 Å². The Hall–Kier alpha value is -2.68. The highest BCUT2D eigenvalue weighted by Crippen LogP contribution is 2.33. The van der Waals surface area contributed by atoms with E-state index in [1.807, 2.05) is 0 Å². The van der Waals surface area contributed by atoms with Gasteiger partial charge in [0.05, 0.1) is 5.25 Å². The average molecular weight is 347 g/mol. The fourth-order valence-electron chi connectivity index (χ4n) is 2.09. The molecule has 9 heteroatoms. The number of thioether (sulfide) groups is 1. The molecule has 0 fully saturated rings. The third-order valence-corrected chi connectivity index (χ3v) is 4.17. The number of carbonyl (C=O) groups is 1. The number of carbonyl (C=O) groups excluding carboxylic acids is 1. The largest absolute Gasteiger partial charge is 0.486 e. The van der Waals surface area contributed by atoms with Crippen LogP contribution in [-0.4, -0.2) is 34.3 Å². The molecule has 2 heterocycles. The number of benzene rings is 1. The van der Waals surface area contributed by atoms with Crippen molar-refractivity contribution in [1.82, 2.24) is 9.97 Å². The van der Waals surface area contributed by atoms with E-state index in [1.165, 1.54) is 17.8 Å². The number of fused-ring (bicyclic) bond motifs is 1. The summed E-state index contributed by atoms with van der Waals surface area (Å²) in [5, 5.41) is 2.76. The van der Waals surface area contributed by atoms with E-state index in [4.69, 9.17) is 20.9 Å². The van der Waals surface area contributed by atoms with Gasteiger partial charge in [-0.25, -0.2) is 9.97 Å². The Morgan fingerprint density at radius 3 is 2.54 bits per heavy atom. The van der Waals surface area contributed by atoms with Crippen molar-refractivity contribution < 1.29 is 14.3 Å². The van der Waals surface area contributed by atoms with Gasteiger partial charge in [-0.1, -0.05) is 11.8 Å². The number of nitrogens with one attached hydrogen (secondary N) is 1. The monoisotopic (exact) mass is 347 g/mol. The number of hydrogen-bond donors (Lipinski definition) is 3. The molecule has 0 bridgehead atoms. The molecule has 0 saturated carbocycles. The van der Waals surface area contributed by atoms with Crippen LogP contribution in [0.3, 0.4) is 0 Å². The molecule has 1 aliphatic heterocycles. The van der Waals surface area contributed by atoms with Crippen LogP contribution < -0.4 is 26.3 Å². The molecule has 126 valence electrons. The molecule has 1 aromatic heterocycles. The second kappa shape index (κ2) is 6.83. The quantitative estimate of drug-likeness (QED) is 0.561. The summed E-state index contributed by atoms with van der Waals surface area (Å²) >= 11 is 1.18. The number of anilines is 3. The Morgan fingerprint density at radius 2 is 1.83 bits per heavy atom. The first-order valence-electron chi connectivity index (χ1n) is 7.28. The molecule has 0 aliphatic carbocycles. The number of rotatable bonds is 4. The fraction of sp³-hybridized carbons (Fsp3) is 0.267. The van der Waals surface area contributed by atoms with E-state index < -0.39 is 5.25 Å². The summed E-state index contributed by atoms with van der Waals surface area (Å²) in [7, 11) is 0. The van der Waals surface area contributed by atoms with Gasteiger partial charge in [-0.15, -0.1) is 0 Å². The summed E-state index contributed by atoms with van der Waals surface area (Å²) in [6.45, 7) is 2.77. The minimum absolute atomic E-state index is 0.193. The zero-order valence-electron chi connectivity index (χ0n) is 13.0. The van der Waals surface area contributed by atoms with Gasteiger partial charge in [0.15, 0.2) is 16.7 Å². The molecule has 0 unspecified atom stereocenters. The number of nitrogen functional groups attached to an aromatic ring is 2. The van der Waals surface area contributed by atoms with Crippen molar-refractivity contribution in [3.05, 3.63) is 24.3 Å². The number of amides is 1. The standard InChI is InChI=1S/C15H17N5O3S/c1-8(24-15-19-12(16)7-13(17)20-15)14(21)18-9-2-3-10-11(6-9)23-5-4-22-10/h2-3,6-8H,4-5H2,1H3,(H,18,21)(H4,16,17,19,20)/t8-/m1/s1. The third-order valence-electron chi connectivity index (χ3n) is 3.21. The molecule has 5 N–H and O–H groups in total. The molecule has 3 rings (SSSR count). The second-order valence-electron chi connectivity index (χ2n) is 5.11. The summed E-state index contributed by atoms with van der Waals surface area (Å²) in [6, 6.07) is 6.73. The number of aromatic nitrogens is 2. The predicted octanol–water partition coefficient (Wildman–Crippen LogP) is 1.53. The van der Waals surface area contributed by atoms with Gasteiger partial charge in [0.2, 0.25) is 5.91 Å². The zero-order valence-corrected chi connectivity index (χ0v) is 13.8. The van der Waals surface area contributed by atoms with Crippen LogP contribution in [0.25, 0.3) is 0 Å². The van der Waals surface area contributed by atoms with Crippen LogP contribution in [0.2, 0.25) is 0 Å². The van der Waals surface area contributed by atoms with Crippen LogP contribution in [0, 0.1) is 0 Å². The predicted molar refractivity (Wildman–Crippen MR) is 92.2 cm³/mol. The summed E-state index contributed by atoms with van der Waals surface area (Å²) in [5.41, 5.74) is 11.9. The van der Waals surface area contributed by atoms with Gasteiger partial charge in [0.25, 0.3) is 0 Å². The highest BCUT2D eigenvalue weighted by molar-refractivity contribution is 8.00. The smallest absolute Gasteiger partial charge is 0.237 e. The molecular weight excluding hydrogens is 330 g/mol. The van der Waals surface area contributed by atoms with Gasteiger partial charge in [0, 0.05) is 17.8 Å². The van der Waals surface area contributed by atoms with E-state index in [1.54, 1.807) is 25.1 Å². The van der Waals surface area contributed by atoms with E-state index in [-0.39, 0.29) is 17.5 Å². The minimum Gasteiger partial charge on any atom is -0.486 e. The summed E-state index contributed by atoms with van der Waals surface area (Å²) in [6.07, 6.45) is 0. The summed E-state index contributed by atoms with van der Waals surface area (Å²) in [5.74, 6) is 1.63. The molecular formula is C15H17N5O3S. The highest BCUT2D eigenvalue weighted by Gasteiger charge is 2.18. The average Bonchev–Trinajstić information content (AvgIpc) is 2.53. The normalized spacial score (nSPS) is 14.0. The molecule has 1 aliphatic rings. The lowest BCUT2D eigenvalue weighted by molar-refractivity contribution is -0.115. The van der Waals surface area contributed by atoms with Gasteiger partial charge in [-0.05, 0) is 19.1 Å². The number of nitrogens with two attached hydrogens (primary N) is 2. The van der Waals surface area contributed by atoms with Crippen molar-refractivity contribution in [3.63, 3.8) is 0 Å². The van der Waals surface area contributed by atoms with Gasteiger partial charge in [-0.3, -0.25) is 4.79 Å². The molecule has 1 aromatic carbocycles. The van der Waals surface area contributed by atoms with E-state index in [0.717, 1.165) is 0 Å². The van der Waals surface area contributed by atoms with E-state index in [9.17, 15) is 4.79 Å². The first kappa shape index (κ1) is 16.2. The minimum atomic E-state index is -0.431. The van der Waals surface area contributed by atoms with Crippen molar-refractivity contribution in [2.45, 2.75) is 17.3 Å². The van der Waals surface area contributed by atoms with Gasteiger partial charge in [-0.2, -0.15) is 0 Å². The number of ether oxygens (including phenoxy) is 2. The van der Waals surface area contributed by atoms with Crippen LogP contribution in [0.1, 0.15) is 6.92 Å². The van der Waals surface area contributed by atoms with E-state index in [2.05, 4.69) is 15.3 Å². The van der Waals surface area contributed by atoms with Gasteiger partial charge >= 0.3 is 0 Å². The first-order chi connectivity index (χ1) is 11.5. The topological polar surface area (TPSA) is 125 Å². The fourth-order valence-corrected chi connectivity index (χ4v) is 2.89. The third kappa shape index (κ3) is 3.80. The Morgan fingerprint density at radius 1 is 1.17 bits per heavy atom. The molecule has 1 atom stereocenters. The second-order valence-corrected chi connectivity index (χ2v) is 6.42. The molecule has 1 amide bonds. The van der Waals surface area contributed by atoms with Crippen LogP contribution in [0.5, 0.6) is 11.5 Å². The lowest BCUT2D eigenvalue weighted by atomic mass is 10.2. The maximum absolute atomic E-state index is 12.3. The van der Waals surface area contributed by atoms with Crippen molar-refractivity contribution in [2.75, 3.05) is 30.0 Å². The Balaban J connectivity index is 1.65. The summed E-state index contributed by atoms with van der Waals surface area (Å²) in [4.78, 5) is 20.4. The SMILES string of the molecule is C[C@@H](Sc1nc(N)cc(N)n1)C(=O)Nc1ccc2c(c1)OCCO2. The molecule has 0 saturated heterocycles. The van der Waals surface area contributed by atoms with Crippen LogP contribution >= 0.6 is 11.8 Å². The van der Waals surface area contributed by atoms with Gasteiger partial charge < -0.3 is 26.3 Å². The maximum atomic E-state index is 12.3. The number of hydrogen-bond acceptors (Lipinski definition) is 8. The van der Waals surface area contributed by atoms with Crippen LogP contribution in [0.15, 0.2) is 29.4 Å². The van der Waals surface area contributed by atoms with Gasteiger partial charge in [0.1, 0.15) is 24.8 Å².